The van der Waals surface area contributed by atoms with E-state index >= 15 is 4.39 Å². The first-order chi connectivity index (χ1) is 21.8. The fourth-order valence-corrected chi connectivity index (χ4v) is 5.88. The number of phenolic OH excluding ortho intramolecular Hbond substituents is 1. The van der Waals surface area contributed by atoms with Gasteiger partial charge in [-0.15, -0.1) is 0 Å². The Labute approximate surface area is 268 Å². The Morgan fingerprint density at radius 1 is 1.02 bits per heavy atom. The standard InChI is InChI=1S/C34H45F2N5O5/c1-19(2)29(37)32(43)39-30(20(3)4)33(44)38-17-21-6-7-25(35)23(16-21)22-10-12-40(13-11-22)34(45)24-18-41(14-15-46-5)31-26(36)8-9-27(42)28(24)31/h6-9,16,18-20,22,29-30,42H,10-15,17,37H2,1-5H3,(H,38,44)(H,39,43)/t29-,30-/m0/s1. The van der Waals surface area contributed by atoms with E-state index < -0.39 is 23.8 Å². The molecule has 1 saturated heterocycles. The fraction of sp³-hybridized carbons (Fsp3) is 0.500. The summed E-state index contributed by atoms with van der Waals surface area (Å²) in [5, 5.41) is 16.3. The number of aromatic nitrogens is 1. The number of amides is 3. The monoisotopic (exact) mass is 641 g/mol. The molecule has 250 valence electrons. The summed E-state index contributed by atoms with van der Waals surface area (Å²) in [6.45, 7) is 8.77. The molecule has 3 aromatic rings. The zero-order valence-corrected chi connectivity index (χ0v) is 27.1. The van der Waals surface area contributed by atoms with Gasteiger partial charge < -0.3 is 35.7 Å². The van der Waals surface area contributed by atoms with E-state index in [1.54, 1.807) is 27.8 Å². The molecule has 5 N–H and O–H groups in total. The molecule has 2 heterocycles. The van der Waals surface area contributed by atoms with Crippen LogP contribution in [0.5, 0.6) is 5.75 Å². The molecule has 2 aromatic carbocycles. The summed E-state index contributed by atoms with van der Waals surface area (Å²) in [5.74, 6) is -2.59. The largest absolute Gasteiger partial charge is 0.507 e. The quantitative estimate of drug-likeness (QED) is 0.236. The minimum Gasteiger partial charge on any atom is -0.507 e. The number of fused-ring (bicyclic) bond motifs is 1. The molecule has 1 aliphatic rings. The van der Waals surface area contributed by atoms with Gasteiger partial charge in [0.25, 0.3) is 5.91 Å². The van der Waals surface area contributed by atoms with Gasteiger partial charge in [0.15, 0.2) is 0 Å². The lowest BCUT2D eigenvalue weighted by Crippen LogP contribution is -2.54. The maximum absolute atomic E-state index is 15.0. The summed E-state index contributed by atoms with van der Waals surface area (Å²) in [6.07, 6.45) is 2.55. The maximum Gasteiger partial charge on any atom is 0.256 e. The number of nitrogens with two attached hydrogens (primary N) is 1. The normalized spacial score (nSPS) is 15.4. The second-order valence-corrected chi connectivity index (χ2v) is 12.7. The number of hydrogen-bond acceptors (Lipinski definition) is 6. The number of aromatic hydroxyl groups is 1. The highest BCUT2D eigenvalue weighted by atomic mass is 19.1. The van der Waals surface area contributed by atoms with Gasteiger partial charge in [0, 0.05) is 39.5 Å². The Morgan fingerprint density at radius 3 is 2.33 bits per heavy atom. The number of halogens is 2. The van der Waals surface area contributed by atoms with E-state index in [-0.39, 0.29) is 64.1 Å². The lowest BCUT2D eigenvalue weighted by molar-refractivity contribution is -0.131. The highest BCUT2D eigenvalue weighted by Gasteiger charge is 2.30. The van der Waals surface area contributed by atoms with Gasteiger partial charge in [-0.1, -0.05) is 39.8 Å². The summed E-state index contributed by atoms with van der Waals surface area (Å²) in [7, 11) is 1.53. The van der Waals surface area contributed by atoms with Crippen LogP contribution in [0, 0.1) is 23.5 Å². The second-order valence-electron chi connectivity index (χ2n) is 12.7. The number of carbonyl (C=O) groups is 3. The number of carbonyl (C=O) groups excluding carboxylic acids is 3. The van der Waals surface area contributed by atoms with Gasteiger partial charge in [0.2, 0.25) is 11.8 Å². The highest BCUT2D eigenvalue weighted by molar-refractivity contribution is 6.09. The van der Waals surface area contributed by atoms with E-state index in [9.17, 15) is 23.9 Å². The molecule has 1 aromatic heterocycles. The van der Waals surface area contributed by atoms with Gasteiger partial charge in [-0.25, -0.2) is 8.78 Å². The van der Waals surface area contributed by atoms with Crippen LogP contribution in [0.1, 0.15) is 67.9 Å². The van der Waals surface area contributed by atoms with E-state index in [0.29, 0.717) is 50.2 Å². The number of phenols is 1. The van der Waals surface area contributed by atoms with E-state index in [4.69, 9.17) is 10.5 Å². The Kier molecular flexibility index (Phi) is 11.4. The van der Waals surface area contributed by atoms with Crippen LogP contribution in [0.3, 0.4) is 0 Å². The van der Waals surface area contributed by atoms with Crippen molar-refractivity contribution in [3.63, 3.8) is 0 Å². The second kappa shape index (κ2) is 15.0. The first-order valence-electron chi connectivity index (χ1n) is 15.7. The van der Waals surface area contributed by atoms with Gasteiger partial charge in [-0.2, -0.15) is 0 Å². The molecule has 0 spiro atoms. The van der Waals surface area contributed by atoms with Gasteiger partial charge in [0.05, 0.1) is 29.1 Å². The van der Waals surface area contributed by atoms with Gasteiger partial charge in [-0.05, 0) is 59.9 Å². The van der Waals surface area contributed by atoms with Crippen LogP contribution in [0.15, 0.2) is 36.5 Å². The molecule has 12 heteroatoms. The molecule has 0 unspecified atom stereocenters. The number of benzene rings is 2. The summed E-state index contributed by atoms with van der Waals surface area (Å²) in [6, 6.07) is 5.63. The van der Waals surface area contributed by atoms with Crippen molar-refractivity contribution < 1.29 is 33.0 Å². The van der Waals surface area contributed by atoms with Crippen LogP contribution < -0.4 is 16.4 Å². The smallest absolute Gasteiger partial charge is 0.256 e. The van der Waals surface area contributed by atoms with Crippen molar-refractivity contribution in [1.29, 1.82) is 0 Å². The van der Waals surface area contributed by atoms with Gasteiger partial charge >= 0.3 is 0 Å². The van der Waals surface area contributed by atoms with Crippen molar-refractivity contribution in [2.24, 2.45) is 17.6 Å². The Hall–Kier alpha value is -4.03. The molecule has 1 aliphatic heterocycles. The van der Waals surface area contributed by atoms with Gasteiger partial charge in [0.1, 0.15) is 23.4 Å². The van der Waals surface area contributed by atoms with Crippen LogP contribution >= 0.6 is 0 Å². The van der Waals surface area contributed by atoms with E-state index in [2.05, 4.69) is 10.6 Å². The lowest BCUT2D eigenvalue weighted by atomic mass is 9.88. The third-order valence-electron chi connectivity index (χ3n) is 8.73. The zero-order valence-electron chi connectivity index (χ0n) is 27.1. The molecule has 4 rings (SSSR count). The van der Waals surface area contributed by atoms with E-state index in [0.717, 1.165) is 0 Å². The van der Waals surface area contributed by atoms with Crippen molar-refractivity contribution >= 4 is 28.6 Å². The van der Waals surface area contributed by atoms with Crippen LogP contribution in [-0.4, -0.2) is 71.2 Å². The Bertz CT molecular complexity index is 1560. The molecule has 0 saturated carbocycles. The summed E-state index contributed by atoms with van der Waals surface area (Å²) in [5.41, 5.74) is 7.50. The minimum atomic E-state index is -0.772. The topological polar surface area (TPSA) is 139 Å². The summed E-state index contributed by atoms with van der Waals surface area (Å²) in [4.78, 5) is 40.8. The third-order valence-corrected chi connectivity index (χ3v) is 8.73. The fourth-order valence-electron chi connectivity index (χ4n) is 5.88. The Balaban J connectivity index is 1.42. The summed E-state index contributed by atoms with van der Waals surface area (Å²) >= 11 is 0. The average molecular weight is 642 g/mol. The molecule has 10 nitrogen and oxygen atoms in total. The Morgan fingerprint density at radius 2 is 1.70 bits per heavy atom. The number of nitrogens with zero attached hydrogens (tertiary/aromatic N) is 2. The molecular weight excluding hydrogens is 596 g/mol. The molecule has 2 atom stereocenters. The molecule has 0 radical (unpaired) electrons. The van der Waals surface area contributed by atoms with Crippen molar-refractivity contribution in [3.05, 3.63) is 64.9 Å². The van der Waals surface area contributed by atoms with E-state index in [1.165, 1.54) is 25.3 Å². The number of rotatable bonds is 12. The number of ether oxygens (including phenoxy) is 1. The zero-order chi connectivity index (χ0) is 33.7. The van der Waals surface area contributed by atoms with Crippen molar-refractivity contribution in [3.8, 4) is 5.75 Å². The number of nitrogens with one attached hydrogen (secondary N) is 2. The predicted octanol–water partition coefficient (Wildman–Crippen LogP) is 4.03. The minimum absolute atomic E-state index is 0.0792. The van der Waals surface area contributed by atoms with E-state index in [1.807, 2.05) is 27.7 Å². The van der Waals surface area contributed by atoms with Crippen LogP contribution in [0.25, 0.3) is 10.9 Å². The van der Waals surface area contributed by atoms with Gasteiger partial charge in [-0.3, -0.25) is 14.4 Å². The number of piperidine rings is 1. The SMILES string of the molecule is COCCn1cc(C(=O)N2CCC(c3cc(CNC(=O)[C@@H](NC(=O)[C@@H](N)C(C)C)C(C)C)ccc3F)CC2)c2c(O)ccc(F)c21. The molecule has 0 bridgehead atoms. The molecular formula is C34H45F2N5O5. The number of likely N-dealkylation sites (tertiary alicyclic amines) is 1. The first kappa shape index (κ1) is 34.8. The first-order valence-corrected chi connectivity index (χ1v) is 15.7. The van der Waals surface area contributed by atoms with Crippen LogP contribution in [0.2, 0.25) is 0 Å². The summed E-state index contributed by atoms with van der Waals surface area (Å²) < 4.78 is 36.5. The number of methoxy groups -OCH3 is 1. The van der Waals surface area contributed by atoms with Crippen molar-refractivity contribution in [2.45, 2.75) is 71.6 Å². The average Bonchev–Trinajstić information content (AvgIpc) is 3.43. The molecule has 46 heavy (non-hydrogen) atoms. The predicted molar refractivity (Wildman–Crippen MR) is 171 cm³/mol. The lowest BCUT2D eigenvalue weighted by Gasteiger charge is -2.32. The van der Waals surface area contributed by atoms with Crippen LogP contribution in [-0.2, 0) is 27.4 Å². The molecule has 1 fully saturated rings. The number of hydrogen-bond donors (Lipinski definition) is 4. The van der Waals surface area contributed by atoms with Crippen molar-refractivity contribution in [2.75, 3.05) is 26.8 Å². The van der Waals surface area contributed by atoms with Crippen molar-refractivity contribution in [1.82, 2.24) is 20.1 Å². The van der Waals surface area contributed by atoms with Crippen LogP contribution in [0.4, 0.5) is 8.78 Å². The third kappa shape index (κ3) is 7.67. The molecule has 0 aliphatic carbocycles. The highest BCUT2D eigenvalue weighted by Crippen LogP contribution is 2.35. The maximum atomic E-state index is 15.0. The molecule has 3 amide bonds.